The standard InChI is InChI=1S/C19H17ClN4O2/c1-12-11-13(20)3-8-16(12)23-19-21-10-9-17(24-19)18(25)22-14-4-6-15(26-2)7-5-14/h3-11H,1-2H3,(H,22,25)(H,21,23,24). The molecule has 0 aliphatic rings. The number of nitrogens with one attached hydrogen (secondary N) is 2. The molecule has 2 N–H and O–H groups in total. The van der Waals surface area contributed by atoms with E-state index < -0.39 is 0 Å². The highest BCUT2D eigenvalue weighted by atomic mass is 35.5. The van der Waals surface area contributed by atoms with Crippen molar-refractivity contribution in [2.45, 2.75) is 6.92 Å². The Balaban J connectivity index is 1.74. The number of ether oxygens (including phenoxy) is 1. The van der Waals surface area contributed by atoms with Crippen molar-refractivity contribution < 1.29 is 9.53 Å². The van der Waals surface area contributed by atoms with Crippen LogP contribution in [0.25, 0.3) is 0 Å². The van der Waals surface area contributed by atoms with E-state index in [1.807, 2.05) is 19.1 Å². The monoisotopic (exact) mass is 368 g/mol. The zero-order chi connectivity index (χ0) is 18.5. The minimum Gasteiger partial charge on any atom is -0.497 e. The van der Waals surface area contributed by atoms with Crippen LogP contribution in [0.4, 0.5) is 17.3 Å². The SMILES string of the molecule is COc1ccc(NC(=O)c2ccnc(Nc3ccc(Cl)cc3C)n2)cc1. The van der Waals surface area contributed by atoms with E-state index in [1.165, 1.54) is 6.20 Å². The van der Waals surface area contributed by atoms with Gasteiger partial charge in [0.1, 0.15) is 11.4 Å². The van der Waals surface area contributed by atoms with Crippen LogP contribution in [0.1, 0.15) is 16.1 Å². The summed E-state index contributed by atoms with van der Waals surface area (Å²) in [5.41, 5.74) is 2.68. The number of hydrogen-bond donors (Lipinski definition) is 2. The van der Waals surface area contributed by atoms with Crippen molar-refractivity contribution in [3.63, 3.8) is 0 Å². The molecule has 26 heavy (non-hydrogen) atoms. The molecule has 0 spiro atoms. The van der Waals surface area contributed by atoms with Crippen LogP contribution in [0, 0.1) is 6.92 Å². The van der Waals surface area contributed by atoms with E-state index in [1.54, 1.807) is 43.5 Å². The number of benzene rings is 2. The molecule has 0 saturated carbocycles. The quantitative estimate of drug-likeness (QED) is 0.696. The number of halogens is 1. The van der Waals surface area contributed by atoms with Gasteiger partial charge in [0.15, 0.2) is 0 Å². The molecular weight excluding hydrogens is 352 g/mol. The molecule has 1 aromatic heterocycles. The van der Waals surface area contributed by atoms with Crippen molar-refractivity contribution in [3.8, 4) is 5.75 Å². The molecular formula is C19H17ClN4O2. The summed E-state index contributed by atoms with van der Waals surface area (Å²) in [6.07, 6.45) is 1.53. The summed E-state index contributed by atoms with van der Waals surface area (Å²) in [7, 11) is 1.59. The van der Waals surface area contributed by atoms with Crippen LogP contribution in [0.5, 0.6) is 5.75 Å². The van der Waals surface area contributed by atoms with Gasteiger partial charge in [-0.3, -0.25) is 4.79 Å². The molecule has 0 aliphatic carbocycles. The van der Waals surface area contributed by atoms with E-state index in [0.717, 1.165) is 17.0 Å². The Morgan fingerprint density at radius 2 is 1.88 bits per heavy atom. The van der Waals surface area contributed by atoms with Gasteiger partial charge < -0.3 is 15.4 Å². The number of amides is 1. The second kappa shape index (κ2) is 7.84. The molecule has 7 heteroatoms. The number of aryl methyl sites for hydroxylation is 1. The topological polar surface area (TPSA) is 76.1 Å². The number of rotatable bonds is 5. The molecule has 0 unspecified atom stereocenters. The van der Waals surface area contributed by atoms with Crippen molar-refractivity contribution >= 4 is 34.8 Å². The van der Waals surface area contributed by atoms with Crippen LogP contribution in [0.2, 0.25) is 5.02 Å². The van der Waals surface area contributed by atoms with Gasteiger partial charge in [0.05, 0.1) is 7.11 Å². The predicted octanol–water partition coefficient (Wildman–Crippen LogP) is 4.44. The Labute approximate surface area is 156 Å². The first-order valence-corrected chi connectivity index (χ1v) is 8.24. The molecule has 0 saturated heterocycles. The molecule has 1 heterocycles. The molecule has 0 radical (unpaired) electrons. The maximum absolute atomic E-state index is 12.4. The van der Waals surface area contributed by atoms with E-state index in [2.05, 4.69) is 20.6 Å². The summed E-state index contributed by atoms with van der Waals surface area (Å²) in [6, 6.07) is 14.1. The maximum atomic E-state index is 12.4. The normalized spacial score (nSPS) is 10.3. The van der Waals surface area contributed by atoms with Gasteiger partial charge in [-0.05, 0) is 61.0 Å². The van der Waals surface area contributed by atoms with Crippen molar-refractivity contribution in [1.29, 1.82) is 0 Å². The number of nitrogens with zero attached hydrogens (tertiary/aromatic N) is 2. The Kier molecular flexibility index (Phi) is 5.34. The first-order chi connectivity index (χ1) is 12.5. The molecule has 1 amide bonds. The molecule has 0 atom stereocenters. The highest BCUT2D eigenvalue weighted by Gasteiger charge is 2.10. The average Bonchev–Trinajstić information content (AvgIpc) is 2.65. The van der Waals surface area contributed by atoms with Gasteiger partial charge in [-0.1, -0.05) is 11.6 Å². The fourth-order valence-electron chi connectivity index (χ4n) is 2.30. The van der Waals surface area contributed by atoms with Gasteiger partial charge in [0.25, 0.3) is 5.91 Å². The number of hydrogen-bond acceptors (Lipinski definition) is 5. The van der Waals surface area contributed by atoms with Gasteiger partial charge in [-0.2, -0.15) is 0 Å². The molecule has 6 nitrogen and oxygen atoms in total. The fourth-order valence-corrected chi connectivity index (χ4v) is 2.53. The molecule has 0 aliphatic heterocycles. The van der Waals surface area contributed by atoms with E-state index in [4.69, 9.17) is 16.3 Å². The van der Waals surface area contributed by atoms with E-state index in [-0.39, 0.29) is 11.6 Å². The van der Waals surface area contributed by atoms with Crippen molar-refractivity contribution in [2.24, 2.45) is 0 Å². The highest BCUT2D eigenvalue weighted by molar-refractivity contribution is 6.30. The number of anilines is 3. The molecule has 2 aromatic carbocycles. The minimum atomic E-state index is -0.326. The maximum Gasteiger partial charge on any atom is 0.274 e. The molecule has 3 aromatic rings. The van der Waals surface area contributed by atoms with Crippen molar-refractivity contribution in [3.05, 3.63) is 71.0 Å². The summed E-state index contributed by atoms with van der Waals surface area (Å²) in [6.45, 7) is 1.93. The zero-order valence-corrected chi connectivity index (χ0v) is 15.0. The summed E-state index contributed by atoms with van der Waals surface area (Å²) in [5.74, 6) is 0.723. The smallest absolute Gasteiger partial charge is 0.274 e. The van der Waals surface area contributed by atoms with Crippen molar-refractivity contribution in [2.75, 3.05) is 17.7 Å². The van der Waals surface area contributed by atoms with Gasteiger partial charge in [-0.25, -0.2) is 9.97 Å². The summed E-state index contributed by atoms with van der Waals surface area (Å²) in [5, 5.41) is 6.54. The highest BCUT2D eigenvalue weighted by Crippen LogP contribution is 2.22. The predicted molar refractivity (Wildman–Crippen MR) is 102 cm³/mol. The lowest BCUT2D eigenvalue weighted by molar-refractivity contribution is 0.102. The van der Waals surface area contributed by atoms with Crippen LogP contribution in [0.3, 0.4) is 0 Å². The van der Waals surface area contributed by atoms with Crippen LogP contribution in [0.15, 0.2) is 54.7 Å². The van der Waals surface area contributed by atoms with Gasteiger partial charge in [0, 0.05) is 22.6 Å². The molecule has 132 valence electrons. The lowest BCUT2D eigenvalue weighted by Gasteiger charge is -2.10. The third kappa shape index (κ3) is 4.29. The first kappa shape index (κ1) is 17.7. The molecule has 0 fully saturated rings. The van der Waals surface area contributed by atoms with Gasteiger partial charge in [-0.15, -0.1) is 0 Å². The van der Waals surface area contributed by atoms with E-state index in [0.29, 0.717) is 16.7 Å². The third-order valence-electron chi connectivity index (χ3n) is 3.67. The van der Waals surface area contributed by atoms with Crippen molar-refractivity contribution in [1.82, 2.24) is 9.97 Å². The number of carbonyl (C=O) groups excluding carboxylic acids is 1. The Morgan fingerprint density at radius 1 is 1.12 bits per heavy atom. The van der Waals surface area contributed by atoms with Gasteiger partial charge in [0.2, 0.25) is 5.95 Å². The summed E-state index contributed by atoms with van der Waals surface area (Å²) >= 11 is 5.96. The summed E-state index contributed by atoms with van der Waals surface area (Å²) in [4.78, 5) is 20.8. The third-order valence-corrected chi connectivity index (χ3v) is 3.91. The second-order valence-corrected chi connectivity index (χ2v) is 5.97. The Morgan fingerprint density at radius 3 is 2.58 bits per heavy atom. The summed E-state index contributed by atoms with van der Waals surface area (Å²) < 4.78 is 5.10. The van der Waals surface area contributed by atoms with Crippen LogP contribution >= 0.6 is 11.6 Å². The molecule has 3 rings (SSSR count). The molecule has 0 bridgehead atoms. The Bertz CT molecular complexity index is 929. The lowest BCUT2D eigenvalue weighted by Crippen LogP contribution is -2.14. The Hall–Kier alpha value is -3.12. The minimum absolute atomic E-state index is 0.255. The largest absolute Gasteiger partial charge is 0.497 e. The van der Waals surface area contributed by atoms with Crippen LogP contribution in [-0.2, 0) is 0 Å². The lowest BCUT2D eigenvalue weighted by atomic mass is 10.2. The van der Waals surface area contributed by atoms with Gasteiger partial charge >= 0.3 is 0 Å². The first-order valence-electron chi connectivity index (χ1n) is 7.87. The zero-order valence-electron chi connectivity index (χ0n) is 14.3. The average molecular weight is 369 g/mol. The van der Waals surface area contributed by atoms with E-state index >= 15 is 0 Å². The number of carbonyl (C=O) groups is 1. The second-order valence-electron chi connectivity index (χ2n) is 5.53. The van der Waals surface area contributed by atoms with E-state index in [9.17, 15) is 4.79 Å². The number of aromatic nitrogens is 2. The van der Waals surface area contributed by atoms with Crippen LogP contribution < -0.4 is 15.4 Å². The number of methoxy groups -OCH3 is 1. The fraction of sp³-hybridized carbons (Fsp3) is 0.105. The van der Waals surface area contributed by atoms with Crippen LogP contribution in [-0.4, -0.2) is 23.0 Å².